The summed E-state index contributed by atoms with van der Waals surface area (Å²) in [5, 5.41) is 15.3. The van der Waals surface area contributed by atoms with E-state index in [9.17, 15) is 14.9 Å². The average molecular weight is 465 g/mol. The van der Waals surface area contributed by atoms with Gasteiger partial charge in [0.05, 0.1) is 4.92 Å². The van der Waals surface area contributed by atoms with Crippen LogP contribution in [0.3, 0.4) is 0 Å². The maximum absolute atomic E-state index is 12.9. The van der Waals surface area contributed by atoms with Gasteiger partial charge in [-0.3, -0.25) is 14.9 Å². The SMILES string of the molecule is Cc1ccc(C(=O)N2CCN(c3ccc([N+](=O)[O-])c(NCc4ccccc4)c3)CC2)cc1Cl. The Morgan fingerprint density at radius 1 is 1.03 bits per heavy atom. The molecule has 1 amide bonds. The van der Waals surface area contributed by atoms with Crippen LogP contribution in [0.4, 0.5) is 17.1 Å². The highest BCUT2D eigenvalue weighted by Crippen LogP contribution is 2.31. The maximum atomic E-state index is 12.9. The Hall–Kier alpha value is -3.58. The second kappa shape index (κ2) is 9.92. The molecule has 33 heavy (non-hydrogen) atoms. The number of halogens is 1. The number of hydrogen-bond donors (Lipinski definition) is 1. The summed E-state index contributed by atoms with van der Waals surface area (Å²) in [7, 11) is 0. The topological polar surface area (TPSA) is 78.7 Å². The van der Waals surface area contributed by atoms with Gasteiger partial charge in [0, 0.05) is 55.1 Å². The highest BCUT2D eigenvalue weighted by atomic mass is 35.5. The van der Waals surface area contributed by atoms with Crippen molar-refractivity contribution in [3.05, 3.63) is 98.6 Å². The average Bonchev–Trinajstić information content (AvgIpc) is 2.84. The van der Waals surface area contributed by atoms with E-state index in [2.05, 4.69) is 10.2 Å². The number of anilines is 2. The fourth-order valence-corrected chi connectivity index (χ4v) is 4.07. The zero-order chi connectivity index (χ0) is 23.4. The van der Waals surface area contributed by atoms with Crippen LogP contribution in [0.1, 0.15) is 21.5 Å². The molecule has 1 heterocycles. The number of piperazine rings is 1. The number of hydrogen-bond acceptors (Lipinski definition) is 5. The molecule has 3 aromatic carbocycles. The van der Waals surface area contributed by atoms with Crippen molar-refractivity contribution in [2.45, 2.75) is 13.5 Å². The number of carbonyl (C=O) groups is 1. The minimum absolute atomic E-state index is 0.0366. The molecule has 4 rings (SSSR count). The van der Waals surface area contributed by atoms with Gasteiger partial charge in [-0.1, -0.05) is 48.0 Å². The first kappa shape index (κ1) is 22.6. The Balaban J connectivity index is 1.44. The minimum atomic E-state index is -0.375. The lowest BCUT2D eigenvalue weighted by atomic mass is 10.1. The van der Waals surface area contributed by atoms with Crippen molar-refractivity contribution in [3.8, 4) is 0 Å². The molecule has 7 nitrogen and oxygen atoms in total. The number of nitro groups is 1. The summed E-state index contributed by atoms with van der Waals surface area (Å²) < 4.78 is 0. The number of nitrogens with zero attached hydrogens (tertiary/aromatic N) is 3. The molecule has 1 aliphatic rings. The van der Waals surface area contributed by atoms with Crippen LogP contribution in [0.15, 0.2) is 66.7 Å². The first-order valence-corrected chi connectivity index (χ1v) is 11.2. The molecule has 3 aromatic rings. The smallest absolute Gasteiger partial charge is 0.292 e. The van der Waals surface area contributed by atoms with Crippen LogP contribution in [0.2, 0.25) is 5.02 Å². The second-order valence-electron chi connectivity index (χ2n) is 8.04. The molecule has 0 bridgehead atoms. The molecule has 0 aromatic heterocycles. The fraction of sp³-hybridized carbons (Fsp3) is 0.240. The molecule has 0 aliphatic carbocycles. The molecule has 1 aliphatic heterocycles. The van der Waals surface area contributed by atoms with Gasteiger partial charge in [0.25, 0.3) is 11.6 Å². The number of amides is 1. The number of benzene rings is 3. The standard InChI is InChI=1S/C25H25ClN4O3/c1-18-7-8-20(15-22(18)26)25(31)29-13-11-28(12-14-29)21-9-10-24(30(32)33)23(16-21)27-17-19-5-3-2-4-6-19/h2-10,15-16,27H,11-14,17H2,1H3. The number of nitro benzene ring substituents is 1. The van der Waals surface area contributed by atoms with Gasteiger partial charge in [0.2, 0.25) is 0 Å². The van der Waals surface area contributed by atoms with E-state index in [1.807, 2.05) is 54.3 Å². The van der Waals surface area contributed by atoms with Gasteiger partial charge in [0.15, 0.2) is 0 Å². The van der Waals surface area contributed by atoms with Gasteiger partial charge < -0.3 is 15.1 Å². The Bertz CT molecular complexity index is 1160. The molecular weight excluding hydrogens is 440 g/mol. The van der Waals surface area contributed by atoms with E-state index < -0.39 is 0 Å². The molecule has 0 spiro atoms. The molecule has 170 valence electrons. The summed E-state index contributed by atoms with van der Waals surface area (Å²) in [5.74, 6) is -0.0366. The molecule has 1 saturated heterocycles. The summed E-state index contributed by atoms with van der Waals surface area (Å²) in [4.78, 5) is 28.0. The zero-order valence-corrected chi connectivity index (χ0v) is 19.1. The monoisotopic (exact) mass is 464 g/mol. The molecule has 0 radical (unpaired) electrons. The zero-order valence-electron chi connectivity index (χ0n) is 18.3. The van der Waals surface area contributed by atoms with Crippen molar-refractivity contribution < 1.29 is 9.72 Å². The lowest BCUT2D eigenvalue weighted by Gasteiger charge is -2.36. The van der Waals surface area contributed by atoms with Gasteiger partial charge in [-0.15, -0.1) is 0 Å². The van der Waals surface area contributed by atoms with Crippen LogP contribution < -0.4 is 10.2 Å². The molecule has 0 atom stereocenters. The maximum Gasteiger partial charge on any atom is 0.292 e. The lowest BCUT2D eigenvalue weighted by molar-refractivity contribution is -0.384. The second-order valence-corrected chi connectivity index (χ2v) is 8.45. The third kappa shape index (κ3) is 5.26. The van der Waals surface area contributed by atoms with Gasteiger partial charge >= 0.3 is 0 Å². The molecular formula is C25H25ClN4O3. The highest BCUT2D eigenvalue weighted by Gasteiger charge is 2.24. The van der Waals surface area contributed by atoms with Crippen LogP contribution in [0.25, 0.3) is 0 Å². The van der Waals surface area contributed by atoms with Gasteiger partial charge in [-0.05, 0) is 42.3 Å². The van der Waals surface area contributed by atoms with E-state index >= 15 is 0 Å². The minimum Gasteiger partial charge on any atom is -0.375 e. The summed E-state index contributed by atoms with van der Waals surface area (Å²) in [6.45, 7) is 4.81. The van der Waals surface area contributed by atoms with Crippen molar-refractivity contribution >= 4 is 34.6 Å². The summed E-state index contributed by atoms with van der Waals surface area (Å²) in [6, 6.07) is 20.2. The van der Waals surface area contributed by atoms with Crippen LogP contribution >= 0.6 is 11.6 Å². The number of aryl methyl sites for hydroxylation is 1. The van der Waals surface area contributed by atoms with Crippen molar-refractivity contribution in [1.82, 2.24) is 4.90 Å². The largest absolute Gasteiger partial charge is 0.375 e. The van der Waals surface area contributed by atoms with Crippen LogP contribution in [0.5, 0.6) is 0 Å². The van der Waals surface area contributed by atoms with E-state index in [4.69, 9.17) is 11.6 Å². The van der Waals surface area contributed by atoms with Crippen molar-refractivity contribution in [2.24, 2.45) is 0 Å². The van der Waals surface area contributed by atoms with Crippen LogP contribution in [-0.2, 0) is 6.54 Å². The van der Waals surface area contributed by atoms with Gasteiger partial charge in [-0.2, -0.15) is 0 Å². The van der Waals surface area contributed by atoms with Crippen molar-refractivity contribution in [2.75, 3.05) is 36.4 Å². The van der Waals surface area contributed by atoms with E-state index in [0.717, 1.165) is 16.8 Å². The van der Waals surface area contributed by atoms with Gasteiger partial charge in [0.1, 0.15) is 5.69 Å². The van der Waals surface area contributed by atoms with Gasteiger partial charge in [-0.25, -0.2) is 0 Å². The predicted molar refractivity (Wildman–Crippen MR) is 131 cm³/mol. The van der Waals surface area contributed by atoms with Crippen molar-refractivity contribution in [1.29, 1.82) is 0 Å². The predicted octanol–water partition coefficient (Wildman–Crippen LogP) is 5.13. The quantitative estimate of drug-likeness (QED) is 0.404. The van der Waals surface area contributed by atoms with E-state index in [-0.39, 0.29) is 16.5 Å². The third-order valence-electron chi connectivity index (χ3n) is 5.85. The summed E-state index contributed by atoms with van der Waals surface area (Å²) in [5.41, 5.74) is 3.98. The van der Waals surface area contributed by atoms with E-state index in [1.54, 1.807) is 18.2 Å². The first-order chi connectivity index (χ1) is 15.9. The van der Waals surface area contributed by atoms with Crippen molar-refractivity contribution in [3.63, 3.8) is 0 Å². The molecule has 0 saturated carbocycles. The number of rotatable bonds is 6. The molecule has 1 N–H and O–H groups in total. The van der Waals surface area contributed by atoms with Crippen LogP contribution in [-0.4, -0.2) is 41.9 Å². The highest BCUT2D eigenvalue weighted by molar-refractivity contribution is 6.31. The fourth-order valence-electron chi connectivity index (χ4n) is 3.89. The Kier molecular flexibility index (Phi) is 6.79. The van der Waals surface area contributed by atoms with E-state index in [1.165, 1.54) is 6.07 Å². The normalized spacial score (nSPS) is 13.6. The molecule has 1 fully saturated rings. The Morgan fingerprint density at radius 3 is 2.42 bits per heavy atom. The number of nitrogens with one attached hydrogen (secondary N) is 1. The Labute approximate surface area is 197 Å². The summed E-state index contributed by atoms with van der Waals surface area (Å²) in [6.07, 6.45) is 0. The molecule has 0 unspecified atom stereocenters. The third-order valence-corrected chi connectivity index (χ3v) is 6.26. The summed E-state index contributed by atoms with van der Waals surface area (Å²) >= 11 is 6.18. The van der Waals surface area contributed by atoms with E-state index in [0.29, 0.717) is 49.0 Å². The lowest BCUT2D eigenvalue weighted by Crippen LogP contribution is -2.48. The Morgan fingerprint density at radius 2 is 1.76 bits per heavy atom. The number of carbonyl (C=O) groups excluding carboxylic acids is 1. The first-order valence-electron chi connectivity index (χ1n) is 10.8. The molecule has 8 heteroatoms. The van der Waals surface area contributed by atoms with Crippen LogP contribution in [0, 0.1) is 17.0 Å².